The summed E-state index contributed by atoms with van der Waals surface area (Å²) in [5.41, 5.74) is 0. The molecule has 8 nitrogen and oxygen atoms in total. The van der Waals surface area contributed by atoms with Crippen LogP contribution in [0.1, 0.15) is 5.82 Å². The maximum atomic E-state index is 11.1. The number of hydrogen-bond acceptors (Lipinski definition) is 9. The Kier molecular flexibility index (Phi) is 3.64. The van der Waals surface area contributed by atoms with Crippen LogP contribution in [0.25, 0.3) is 0 Å². The zero-order chi connectivity index (χ0) is 12.3. The summed E-state index contributed by atoms with van der Waals surface area (Å²) in [6.07, 6.45) is 0. The van der Waals surface area contributed by atoms with Crippen LogP contribution >= 0.6 is 23.3 Å². The molecule has 0 spiro atoms. The molecule has 17 heavy (non-hydrogen) atoms. The molecule has 10 heteroatoms. The highest BCUT2D eigenvalue weighted by Gasteiger charge is 2.13. The molecule has 90 valence electrons. The van der Waals surface area contributed by atoms with Gasteiger partial charge < -0.3 is 4.74 Å². The van der Waals surface area contributed by atoms with E-state index in [-0.39, 0.29) is 6.54 Å². The van der Waals surface area contributed by atoms with Gasteiger partial charge in [0.05, 0.1) is 7.11 Å². The second kappa shape index (κ2) is 5.19. The fraction of sp³-hybridized carbons (Fsp3) is 0.429. The molecular formula is C7H8N6O2S2. The lowest BCUT2D eigenvalue weighted by Gasteiger charge is -2.00. The van der Waals surface area contributed by atoms with Crippen LogP contribution in [0.15, 0.2) is 9.50 Å². The molecule has 0 saturated heterocycles. The van der Waals surface area contributed by atoms with Crippen LogP contribution in [0, 0.1) is 6.92 Å². The molecule has 0 atom stereocenters. The van der Waals surface area contributed by atoms with Gasteiger partial charge >= 0.3 is 5.97 Å². The Bertz CT molecular complexity index is 524. The summed E-state index contributed by atoms with van der Waals surface area (Å²) < 4.78 is 10.7. The van der Waals surface area contributed by atoms with Gasteiger partial charge in [-0.1, -0.05) is 0 Å². The van der Waals surface area contributed by atoms with E-state index in [0.717, 1.165) is 4.34 Å². The molecule has 0 aliphatic heterocycles. The fourth-order valence-corrected chi connectivity index (χ4v) is 2.48. The van der Waals surface area contributed by atoms with E-state index in [1.807, 2.05) is 0 Å². The van der Waals surface area contributed by atoms with Gasteiger partial charge in [0, 0.05) is 0 Å². The molecule has 2 aromatic rings. The highest BCUT2D eigenvalue weighted by Crippen LogP contribution is 2.26. The SMILES string of the molecule is COC(=O)Cn1nnnc1Sc1nc(C)ns1. The first-order valence-electron chi connectivity index (χ1n) is 4.50. The predicted octanol–water partition coefficient (Wildman–Crippen LogP) is 0.157. The number of hydrogen-bond donors (Lipinski definition) is 0. The molecule has 0 saturated carbocycles. The number of methoxy groups -OCH3 is 1. The largest absolute Gasteiger partial charge is 0.468 e. The summed E-state index contributed by atoms with van der Waals surface area (Å²) in [5, 5.41) is 11.5. The van der Waals surface area contributed by atoms with Crippen molar-refractivity contribution in [3.05, 3.63) is 5.82 Å². The Labute approximate surface area is 105 Å². The fourth-order valence-electron chi connectivity index (χ4n) is 0.953. The van der Waals surface area contributed by atoms with Gasteiger partial charge in [-0.15, -0.1) is 5.10 Å². The van der Waals surface area contributed by atoms with E-state index >= 15 is 0 Å². The summed E-state index contributed by atoms with van der Waals surface area (Å²) in [4.78, 5) is 15.3. The minimum Gasteiger partial charge on any atom is -0.468 e. The van der Waals surface area contributed by atoms with Crippen LogP contribution < -0.4 is 0 Å². The van der Waals surface area contributed by atoms with E-state index in [0.29, 0.717) is 11.0 Å². The summed E-state index contributed by atoms with van der Waals surface area (Å²) in [6.45, 7) is 1.78. The highest BCUT2D eigenvalue weighted by molar-refractivity contribution is 8.00. The van der Waals surface area contributed by atoms with Gasteiger partial charge in [-0.3, -0.25) is 4.79 Å². The molecule has 2 aromatic heterocycles. The van der Waals surface area contributed by atoms with Crippen LogP contribution in [0.2, 0.25) is 0 Å². The van der Waals surface area contributed by atoms with Crippen molar-refractivity contribution < 1.29 is 9.53 Å². The van der Waals surface area contributed by atoms with Gasteiger partial charge in [-0.2, -0.15) is 4.37 Å². The Hall–Kier alpha value is -1.55. The van der Waals surface area contributed by atoms with Crippen molar-refractivity contribution in [1.29, 1.82) is 0 Å². The smallest absolute Gasteiger partial charge is 0.327 e. The van der Waals surface area contributed by atoms with Gasteiger partial charge in [-0.25, -0.2) is 9.67 Å². The van der Waals surface area contributed by atoms with Crippen molar-refractivity contribution in [2.24, 2.45) is 0 Å². The lowest BCUT2D eigenvalue weighted by Crippen LogP contribution is -2.13. The average molecular weight is 272 g/mol. The number of tetrazole rings is 1. The quantitative estimate of drug-likeness (QED) is 0.726. The molecule has 0 fully saturated rings. The normalized spacial score (nSPS) is 10.5. The minimum absolute atomic E-state index is 0.0242. The van der Waals surface area contributed by atoms with Crippen molar-refractivity contribution in [2.45, 2.75) is 23.0 Å². The highest BCUT2D eigenvalue weighted by atomic mass is 32.2. The first-order chi connectivity index (χ1) is 8.19. The van der Waals surface area contributed by atoms with Crippen LogP contribution in [-0.2, 0) is 16.1 Å². The molecule has 0 amide bonds. The Morgan fingerprint density at radius 2 is 2.41 bits per heavy atom. The molecule has 0 aliphatic rings. The number of carbonyl (C=O) groups excluding carboxylic acids is 1. The first kappa shape index (κ1) is 11.9. The zero-order valence-electron chi connectivity index (χ0n) is 9.02. The lowest BCUT2D eigenvalue weighted by atomic mass is 10.7. The summed E-state index contributed by atoms with van der Waals surface area (Å²) in [7, 11) is 1.31. The summed E-state index contributed by atoms with van der Waals surface area (Å²) in [6, 6.07) is 0. The maximum Gasteiger partial charge on any atom is 0.327 e. The molecule has 0 unspecified atom stereocenters. The Morgan fingerprint density at radius 1 is 1.59 bits per heavy atom. The second-order valence-electron chi connectivity index (χ2n) is 2.90. The molecule has 0 aliphatic carbocycles. The van der Waals surface area contributed by atoms with Crippen LogP contribution in [0.4, 0.5) is 0 Å². The van der Waals surface area contributed by atoms with Crippen molar-refractivity contribution in [2.75, 3.05) is 7.11 Å². The van der Waals surface area contributed by atoms with Gasteiger partial charge in [0.15, 0.2) is 4.34 Å². The summed E-state index contributed by atoms with van der Waals surface area (Å²) >= 11 is 2.52. The van der Waals surface area contributed by atoms with Crippen molar-refractivity contribution in [1.82, 2.24) is 29.6 Å². The van der Waals surface area contributed by atoms with Gasteiger partial charge in [0.25, 0.3) is 0 Å². The minimum atomic E-state index is -0.410. The van der Waals surface area contributed by atoms with Crippen LogP contribution in [0.5, 0.6) is 0 Å². The Morgan fingerprint density at radius 3 is 3.06 bits per heavy atom. The van der Waals surface area contributed by atoms with Crippen molar-refractivity contribution >= 4 is 29.3 Å². The van der Waals surface area contributed by atoms with E-state index in [1.165, 1.54) is 35.1 Å². The van der Waals surface area contributed by atoms with Crippen molar-refractivity contribution in [3.8, 4) is 0 Å². The average Bonchev–Trinajstić information content (AvgIpc) is 2.89. The number of esters is 1. The molecule has 2 rings (SSSR count). The second-order valence-corrected chi connectivity index (χ2v) is 4.87. The van der Waals surface area contributed by atoms with Gasteiger partial charge in [0.1, 0.15) is 12.4 Å². The number of rotatable bonds is 4. The Balaban J connectivity index is 2.11. The number of ether oxygens (including phenoxy) is 1. The molecule has 0 bridgehead atoms. The number of aromatic nitrogens is 6. The molecule has 0 radical (unpaired) electrons. The number of nitrogens with zero attached hydrogens (tertiary/aromatic N) is 6. The first-order valence-corrected chi connectivity index (χ1v) is 6.09. The lowest BCUT2D eigenvalue weighted by molar-refractivity contribution is -0.141. The van der Waals surface area contributed by atoms with Gasteiger partial charge in [0.2, 0.25) is 5.16 Å². The zero-order valence-corrected chi connectivity index (χ0v) is 10.7. The standard InChI is InChI=1S/C7H8N6O2S2/c1-4-8-7(17-10-4)16-6-9-11-12-13(6)3-5(14)15-2/h3H2,1-2H3. The predicted molar refractivity (Wildman–Crippen MR) is 58.6 cm³/mol. The topological polar surface area (TPSA) is 95.7 Å². The molecular weight excluding hydrogens is 264 g/mol. The third-order valence-electron chi connectivity index (χ3n) is 1.69. The van der Waals surface area contributed by atoms with E-state index in [2.05, 4.69) is 29.6 Å². The molecule has 0 aromatic carbocycles. The third-order valence-corrected chi connectivity index (χ3v) is 3.51. The van der Waals surface area contributed by atoms with Crippen LogP contribution in [0.3, 0.4) is 0 Å². The van der Waals surface area contributed by atoms with Crippen molar-refractivity contribution in [3.63, 3.8) is 0 Å². The molecule has 2 heterocycles. The van der Waals surface area contributed by atoms with Crippen LogP contribution in [-0.4, -0.2) is 42.6 Å². The van der Waals surface area contributed by atoms with Gasteiger partial charge in [-0.05, 0) is 40.6 Å². The summed E-state index contributed by atoms with van der Waals surface area (Å²) in [5.74, 6) is 0.289. The number of carbonyl (C=O) groups is 1. The molecule has 0 N–H and O–H groups in total. The monoisotopic (exact) mass is 272 g/mol. The van der Waals surface area contributed by atoms with E-state index in [1.54, 1.807) is 6.92 Å². The third kappa shape index (κ3) is 2.97. The van der Waals surface area contributed by atoms with E-state index < -0.39 is 5.97 Å². The van der Waals surface area contributed by atoms with E-state index in [9.17, 15) is 4.79 Å². The maximum absolute atomic E-state index is 11.1. The van der Waals surface area contributed by atoms with E-state index in [4.69, 9.17) is 0 Å². The number of aryl methyl sites for hydroxylation is 1.